The molecule has 0 spiro atoms. The summed E-state index contributed by atoms with van der Waals surface area (Å²) in [5.74, 6) is 0.195. The highest BCUT2D eigenvalue weighted by molar-refractivity contribution is 14.1. The third-order valence-electron chi connectivity index (χ3n) is 6.27. The Morgan fingerprint density at radius 2 is 1.62 bits per heavy atom. The number of rotatable bonds is 6. The zero-order chi connectivity index (χ0) is 34.1. The van der Waals surface area contributed by atoms with Gasteiger partial charge in [-0.15, -0.1) is 6.42 Å². The van der Waals surface area contributed by atoms with Crippen LogP contribution in [-0.2, 0) is 11.8 Å². The molecule has 0 aliphatic rings. The second-order valence-corrected chi connectivity index (χ2v) is 10.2. The number of hydrogen-bond acceptors (Lipinski definition) is 4. The molecule has 0 saturated heterocycles. The summed E-state index contributed by atoms with van der Waals surface area (Å²) in [4.78, 5) is 31.2. The summed E-state index contributed by atoms with van der Waals surface area (Å²) in [7, 11) is 1.29. The first kappa shape index (κ1) is 35.2. The number of benzene rings is 2. The standard InChI is InChI=1S/C27H14BF10IN4O2/c1-2-8-43(23(45)13-6-7-15(11-40)41-12-13)19-5-3-4-16(20(19)28)22(44)42-21-17(25(30,31)32)9-14(10-18(21)39)24(29,26(33,34)35)27(36,37)38/h1,3-7,9-10,12H,8,28H2,(H,42,44). The molecule has 6 nitrogen and oxygen atoms in total. The molecule has 0 saturated carbocycles. The Morgan fingerprint density at radius 3 is 2.11 bits per heavy atom. The number of anilines is 2. The van der Waals surface area contributed by atoms with E-state index in [9.17, 15) is 53.5 Å². The van der Waals surface area contributed by atoms with Crippen LogP contribution in [0.3, 0.4) is 0 Å². The quantitative estimate of drug-likeness (QED) is 0.153. The monoisotopic (exact) mass is 754 g/mol. The van der Waals surface area contributed by atoms with Crippen molar-refractivity contribution in [2.24, 2.45) is 0 Å². The van der Waals surface area contributed by atoms with E-state index >= 15 is 0 Å². The molecule has 0 aliphatic heterocycles. The van der Waals surface area contributed by atoms with E-state index in [4.69, 9.17) is 11.7 Å². The normalized spacial score (nSPS) is 12.2. The molecule has 0 bridgehead atoms. The number of amides is 2. The predicted octanol–water partition coefficient (Wildman–Crippen LogP) is 5.66. The van der Waals surface area contributed by atoms with Gasteiger partial charge in [-0.1, -0.05) is 17.4 Å². The largest absolute Gasteiger partial charge is 0.435 e. The lowest BCUT2D eigenvalue weighted by molar-refractivity contribution is -0.348. The number of pyridine rings is 1. The van der Waals surface area contributed by atoms with Crippen LogP contribution in [0.2, 0.25) is 0 Å². The van der Waals surface area contributed by atoms with Gasteiger partial charge in [0.25, 0.3) is 11.8 Å². The van der Waals surface area contributed by atoms with Crippen LogP contribution in [0.1, 0.15) is 37.5 Å². The zero-order valence-corrected chi connectivity index (χ0v) is 24.4. The third kappa shape index (κ3) is 6.85. The molecule has 45 heavy (non-hydrogen) atoms. The molecule has 234 valence electrons. The molecule has 1 heterocycles. The van der Waals surface area contributed by atoms with Gasteiger partial charge in [0.2, 0.25) is 0 Å². The maximum atomic E-state index is 14.6. The van der Waals surface area contributed by atoms with Crippen molar-refractivity contribution in [2.45, 2.75) is 24.2 Å². The van der Waals surface area contributed by atoms with Crippen molar-refractivity contribution in [3.05, 3.63) is 80.2 Å². The van der Waals surface area contributed by atoms with Crippen LogP contribution in [0, 0.1) is 27.2 Å². The summed E-state index contributed by atoms with van der Waals surface area (Å²) in [6, 6.07) is 7.21. The van der Waals surface area contributed by atoms with Crippen molar-refractivity contribution in [2.75, 3.05) is 16.8 Å². The third-order valence-corrected chi connectivity index (χ3v) is 7.12. The van der Waals surface area contributed by atoms with E-state index in [1.165, 1.54) is 32.1 Å². The summed E-state index contributed by atoms with van der Waals surface area (Å²) < 4.78 is 135. The van der Waals surface area contributed by atoms with Crippen LogP contribution in [0.25, 0.3) is 0 Å². The van der Waals surface area contributed by atoms with Gasteiger partial charge in [-0.05, 0) is 59.0 Å². The molecule has 2 amide bonds. The fraction of sp³-hybridized carbons (Fsp3) is 0.185. The number of nitrogens with zero attached hydrogens (tertiary/aromatic N) is 3. The molecule has 0 fully saturated rings. The van der Waals surface area contributed by atoms with Gasteiger partial charge < -0.3 is 5.32 Å². The van der Waals surface area contributed by atoms with Crippen molar-refractivity contribution in [3.63, 3.8) is 0 Å². The Balaban J connectivity index is 2.11. The summed E-state index contributed by atoms with van der Waals surface area (Å²) >= 11 is 0.941. The topological polar surface area (TPSA) is 86.1 Å². The van der Waals surface area contributed by atoms with Gasteiger partial charge in [0.05, 0.1) is 23.4 Å². The Labute approximate surface area is 262 Å². The lowest BCUT2D eigenvalue weighted by Gasteiger charge is -2.31. The van der Waals surface area contributed by atoms with Gasteiger partial charge in [0, 0.05) is 26.6 Å². The van der Waals surface area contributed by atoms with Gasteiger partial charge >= 0.3 is 24.2 Å². The lowest BCUT2D eigenvalue weighted by atomic mass is 9.87. The summed E-state index contributed by atoms with van der Waals surface area (Å²) in [6.45, 7) is -0.369. The van der Waals surface area contributed by atoms with E-state index in [2.05, 4.69) is 10.9 Å². The number of carbonyl (C=O) groups excluding carboxylic acids is 2. The van der Waals surface area contributed by atoms with E-state index in [1.807, 2.05) is 5.32 Å². The van der Waals surface area contributed by atoms with Crippen molar-refractivity contribution >= 4 is 59.1 Å². The Hall–Kier alpha value is -4.33. The summed E-state index contributed by atoms with van der Waals surface area (Å²) in [5.41, 5.74) is -12.4. The molecular weight excluding hydrogens is 740 g/mol. The van der Waals surface area contributed by atoms with Gasteiger partial charge in [-0.3, -0.25) is 14.5 Å². The molecule has 0 radical (unpaired) electrons. The van der Waals surface area contributed by atoms with Gasteiger partial charge in [0.15, 0.2) is 0 Å². The van der Waals surface area contributed by atoms with Gasteiger partial charge in [-0.25, -0.2) is 9.37 Å². The fourth-order valence-electron chi connectivity index (χ4n) is 4.09. The van der Waals surface area contributed by atoms with Crippen LogP contribution >= 0.6 is 22.6 Å². The number of halogens is 11. The highest BCUT2D eigenvalue weighted by Gasteiger charge is 2.73. The highest BCUT2D eigenvalue weighted by Crippen LogP contribution is 2.54. The first-order chi connectivity index (χ1) is 20.7. The first-order valence-electron chi connectivity index (χ1n) is 11.9. The minimum atomic E-state index is -6.69. The van der Waals surface area contributed by atoms with E-state index in [1.54, 1.807) is 6.07 Å². The molecule has 0 atom stereocenters. The molecular formula is C27H14BF10IN4O2. The van der Waals surface area contributed by atoms with Crippen molar-refractivity contribution in [1.29, 1.82) is 5.26 Å². The van der Waals surface area contributed by atoms with Crippen LogP contribution in [0.15, 0.2) is 48.7 Å². The van der Waals surface area contributed by atoms with Crippen LogP contribution in [0.5, 0.6) is 0 Å². The SMILES string of the molecule is Bc1c(C(=O)Nc2c(I)cc(C(F)(C(F)(F)F)C(F)(F)F)cc2C(F)(F)F)cccc1N(CC#C)C(=O)c1ccc(C#N)nc1. The van der Waals surface area contributed by atoms with Crippen molar-refractivity contribution in [3.8, 4) is 18.4 Å². The van der Waals surface area contributed by atoms with E-state index in [0.29, 0.717) is 0 Å². The Kier molecular flexibility index (Phi) is 9.83. The average Bonchev–Trinajstić information content (AvgIpc) is 2.94. The summed E-state index contributed by atoms with van der Waals surface area (Å²) in [5, 5.41) is 10.7. The van der Waals surface area contributed by atoms with Gasteiger partial charge in [0.1, 0.15) is 19.6 Å². The molecule has 1 aromatic heterocycles. The number of terminal acetylenes is 1. The Bertz CT molecular complexity index is 1710. The smallest absolute Gasteiger partial charge is 0.320 e. The van der Waals surface area contributed by atoms with Crippen LogP contribution in [-0.4, -0.2) is 43.5 Å². The average molecular weight is 754 g/mol. The number of nitrogens with one attached hydrogen (secondary N) is 1. The minimum Gasteiger partial charge on any atom is -0.320 e. The van der Waals surface area contributed by atoms with Gasteiger partial charge in [-0.2, -0.15) is 44.8 Å². The van der Waals surface area contributed by atoms with Crippen molar-refractivity contribution < 1.29 is 53.5 Å². The molecule has 1 N–H and O–H groups in total. The predicted molar refractivity (Wildman–Crippen MR) is 151 cm³/mol. The minimum absolute atomic E-state index is 0.000179. The Morgan fingerprint density at radius 1 is 1.00 bits per heavy atom. The van der Waals surface area contributed by atoms with E-state index in [-0.39, 0.29) is 40.6 Å². The fourth-order valence-corrected chi connectivity index (χ4v) is 4.85. The molecule has 18 heteroatoms. The molecule has 3 aromatic rings. The molecule has 0 aliphatic carbocycles. The summed E-state index contributed by atoms with van der Waals surface area (Å²) in [6.07, 6.45) is -12.5. The number of aromatic nitrogens is 1. The van der Waals surface area contributed by atoms with Crippen molar-refractivity contribution in [1.82, 2.24) is 4.98 Å². The molecule has 2 aromatic carbocycles. The highest BCUT2D eigenvalue weighted by atomic mass is 127. The number of nitriles is 1. The maximum absolute atomic E-state index is 14.6. The number of carbonyl (C=O) groups is 2. The maximum Gasteiger partial charge on any atom is 0.435 e. The second kappa shape index (κ2) is 12.6. The van der Waals surface area contributed by atoms with E-state index < -0.39 is 62.5 Å². The molecule has 0 unspecified atom stereocenters. The lowest BCUT2D eigenvalue weighted by Crippen LogP contribution is -2.50. The van der Waals surface area contributed by atoms with E-state index in [0.717, 1.165) is 39.8 Å². The molecule has 3 rings (SSSR count). The first-order valence-corrected chi connectivity index (χ1v) is 13.0. The zero-order valence-electron chi connectivity index (χ0n) is 22.2. The second-order valence-electron chi connectivity index (χ2n) is 9.08. The number of hydrogen-bond donors (Lipinski definition) is 1. The van der Waals surface area contributed by atoms with Crippen LogP contribution < -0.4 is 15.7 Å². The van der Waals surface area contributed by atoms with Crippen LogP contribution in [0.4, 0.5) is 55.3 Å². The number of alkyl halides is 10.